The van der Waals surface area contributed by atoms with Crippen LogP contribution in [0.1, 0.15) is 106 Å². The van der Waals surface area contributed by atoms with Gasteiger partial charge >= 0.3 is 0 Å². The first-order valence-electron chi connectivity index (χ1n) is 20.3. The lowest BCUT2D eigenvalue weighted by molar-refractivity contribution is -0.384. The van der Waals surface area contributed by atoms with Crippen LogP contribution in [0.4, 0.5) is 17.1 Å². The highest BCUT2D eigenvalue weighted by atomic mass is 35.5. The molecule has 2 saturated carbocycles. The molecule has 310 valence electrons. The molecular formula is C43H59ClN6O6S. The first kappa shape index (κ1) is 42.8. The third kappa shape index (κ3) is 9.60. The lowest BCUT2D eigenvalue weighted by atomic mass is 9.59. The van der Waals surface area contributed by atoms with Gasteiger partial charge in [0.15, 0.2) is 0 Å². The summed E-state index contributed by atoms with van der Waals surface area (Å²) in [5.74, 6) is -0.0685. The summed E-state index contributed by atoms with van der Waals surface area (Å²) in [7, 11) is -2.15. The number of piperazine rings is 1. The van der Waals surface area contributed by atoms with Gasteiger partial charge in [-0.25, -0.2) is 13.1 Å². The number of benzene rings is 3. The highest BCUT2D eigenvalue weighted by Crippen LogP contribution is 2.53. The second-order valence-electron chi connectivity index (χ2n) is 17.6. The SMILES string of the molecule is CC(C)c1ccccc1[C@@H]1CN(C)CCN1C1CC2(CCN(c3ccc(C(=O)NS(=O)(=O)c4ccc(NCC5CCC(C)(O)CC5)c([N+](=O)[O-])c4)cc3)CC2)C1.Cl. The highest BCUT2D eigenvalue weighted by molar-refractivity contribution is 7.90. The molecule has 7 rings (SSSR count). The number of aliphatic hydroxyl groups is 1. The fourth-order valence-corrected chi connectivity index (χ4v) is 10.6. The second-order valence-corrected chi connectivity index (χ2v) is 19.3. The van der Waals surface area contributed by atoms with Crippen molar-refractivity contribution in [2.24, 2.45) is 11.3 Å². The van der Waals surface area contributed by atoms with Crippen LogP contribution >= 0.6 is 12.4 Å². The van der Waals surface area contributed by atoms with E-state index >= 15 is 0 Å². The molecular weight excluding hydrogens is 764 g/mol. The number of carbonyl (C=O) groups is 1. The van der Waals surface area contributed by atoms with Crippen molar-refractivity contribution in [1.82, 2.24) is 14.5 Å². The van der Waals surface area contributed by atoms with E-state index in [-0.39, 0.29) is 40.2 Å². The van der Waals surface area contributed by atoms with Gasteiger partial charge in [-0.3, -0.25) is 19.8 Å². The third-order valence-corrected chi connectivity index (χ3v) is 14.5. The average Bonchev–Trinajstić information content (AvgIpc) is 3.16. The number of rotatable bonds is 11. The van der Waals surface area contributed by atoms with Crippen LogP contribution in [0.5, 0.6) is 0 Å². The van der Waals surface area contributed by atoms with E-state index in [4.69, 9.17) is 0 Å². The maximum atomic E-state index is 13.2. The molecule has 57 heavy (non-hydrogen) atoms. The van der Waals surface area contributed by atoms with Gasteiger partial charge in [-0.1, -0.05) is 38.1 Å². The van der Waals surface area contributed by atoms with Crippen molar-refractivity contribution in [3.63, 3.8) is 0 Å². The largest absolute Gasteiger partial charge is 0.390 e. The van der Waals surface area contributed by atoms with E-state index in [1.807, 2.05) is 19.1 Å². The number of nitrogens with zero attached hydrogens (tertiary/aromatic N) is 4. The summed E-state index contributed by atoms with van der Waals surface area (Å²) in [6, 6.07) is 20.6. The molecule has 4 fully saturated rings. The van der Waals surface area contributed by atoms with Crippen LogP contribution in [0.3, 0.4) is 0 Å². The number of sulfonamides is 1. The molecule has 2 aliphatic heterocycles. The van der Waals surface area contributed by atoms with Crippen LogP contribution in [0.2, 0.25) is 0 Å². The van der Waals surface area contributed by atoms with Gasteiger partial charge < -0.3 is 20.2 Å². The quantitative estimate of drug-likeness (QED) is 0.133. The Morgan fingerprint density at radius 1 is 0.965 bits per heavy atom. The van der Waals surface area contributed by atoms with Crippen molar-refractivity contribution < 1.29 is 23.2 Å². The minimum Gasteiger partial charge on any atom is -0.390 e. The Labute approximate surface area is 344 Å². The number of nitro benzene ring substituents is 1. The summed E-state index contributed by atoms with van der Waals surface area (Å²) in [6.45, 7) is 12.0. The summed E-state index contributed by atoms with van der Waals surface area (Å²) in [5.41, 5.74) is 3.63. The zero-order valence-electron chi connectivity index (χ0n) is 33.7. The normalized spacial score (nSPS) is 24.4. The van der Waals surface area contributed by atoms with E-state index in [0.29, 0.717) is 42.8 Å². The summed E-state index contributed by atoms with van der Waals surface area (Å²) < 4.78 is 28.6. The minimum absolute atomic E-state index is 0. The number of nitrogens with one attached hydrogen (secondary N) is 2. The number of hydrogen-bond acceptors (Lipinski definition) is 10. The minimum atomic E-state index is -4.39. The van der Waals surface area contributed by atoms with E-state index in [1.54, 1.807) is 12.1 Å². The van der Waals surface area contributed by atoms with E-state index in [2.05, 4.69) is 69.9 Å². The Hall–Kier alpha value is -3.75. The molecule has 3 aromatic rings. The van der Waals surface area contributed by atoms with Gasteiger partial charge in [-0.05, 0) is 130 Å². The number of halogens is 1. The van der Waals surface area contributed by atoms with Gasteiger partial charge in [0, 0.05) is 68.7 Å². The van der Waals surface area contributed by atoms with Crippen molar-refractivity contribution in [2.75, 3.05) is 56.5 Å². The van der Waals surface area contributed by atoms with Crippen molar-refractivity contribution in [3.05, 3.63) is 93.5 Å². The number of amides is 1. The average molecular weight is 824 g/mol. The number of likely N-dealkylation sites (N-methyl/N-ethyl adjacent to an activating group) is 1. The first-order valence-corrected chi connectivity index (χ1v) is 21.8. The molecule has 4 aliphatic rings. The first-order chi connectivity index (χ1) is 26.6. The summed E-state index contributed by atoms with van der Waals surface area (Å²) in [5, 5.41) is 25.2. The van der Waals surface area contributed by atoms with E-state index in [1.165, 1.54) is 36.1 Å². The molecule has 2 saturated heterocycles. The molecule has 2 heterocycles. The monoisotopic (exact) mass is 822 g/mol. The molecule has 1 atom stereocenters. The second kappa shape index (κ2) is 17.2. The maximum Gasteiger partial charge on any atom is 0.293 e. The molecule has 3 N–H and O–H groups in total. The van der Waals surface area contributed by atoms with Crippen molar-refractivity contribution in [2.45, 2.75) is 101 Å². The number of anilines is 2. The topological polar surface area (TPSA) is 148 Å². The summed E-state index contributed by atoms with van der Waals surface area (Å²) in [6.07, 6.45) is 7.60. The van der Waals surface area contributed by atoms with Crippen molar-refractivity contribution in [3.8, 4) is 0 Å². The molecule has 0 radical (unpaired) electrons. The number of nitro groups is 1. The lowest BCUT2D eigenvalue weighted by Crippen LogP contribution is -2.59. The molecule has 1 spiro atoms. The van der Waals surface area contributed by atoms with Crippen LogP contribution in [-0.2, 0) is 10.0 Å². The van der Waals surface area contributed by atoms with Crippen LogP contribution in [-0.4, -0.2) is 92.1 Å². The molecule has 12 nitrogen and oxygen atoms in total. The maximum absolute atomic E-state index is 13.2. The summed E-state index contributed by atoms with van der Waals surface area (Å²) >= 11 is 0. The Balaban J connectivity index is 0.00000549. The van der Waals surface area contributed by atoms with Crippen LogP contribution in [0.15, 0.2) is 71.6 Å². The molecule has 0 unspecified atom stereocenters. The van der Waals surface area contributed by atoms with Gasteiger partial charge in [-0.15, -0.1) is 12.4 Å². The summed E-state index contributed by atoms with van der Waals surface area (Å²) in [4.78, 5) is 31.7. The smallest absolute Gasteiger partial charge is 0.293 e. The van der Waals surface area contributed by atoms with Gasteiger partial charge in [0.25, 0.3) is 21.6 Å². The standard InChI is InChI=1S/C43H58N6O6S.ClH/c1-30(2)36-7-5-6-8-37(36)40-29-46(4)23-24-48(40)34-26-43(27-34)19-21-47(22-20-43)33-11-9-32(10-12-33)41(50)45-56(54,55)35-13-14-38(39(25-35)49(52)53)44-28-31-15-17-42(3,51)18-16-31;/h5-14,25,30-31,34,40,44,51H,15-24,26-29H2,1-4H3,(H,45,50);1H/t31?,40-,42?;/m0./s1. The zero-order chi connectivity index (χ0) is 39.8. The fourth-order valence-electron chi connectivity index (χ4n) is 9.61. The van der Waals surface area contributed by atoms with E-state index < -0.39 is 26.5 Å². The number of carbonyl (C=O) groups excluding carboxylic acids is 1. The van der Waals surface area contributed by atoms with Crippen molar-refractivity contribution >= 4 is 45.4 Å². The van der Waals surface area contributed by atoms with Crippen molar-refractivity contribution in [1.29, 1.82) is 0 Å². The molecule has 0 bridgehead atoms. The Kier molecular flexibility index (Phi) is 13.0. The number of hydrogen-bond donors (Lipinski definition) is 3. The Bertz CT molecular complexity index is 2000. The fraction of sp³-hybridized carbons (Fsp3) is 0.558. The molecule has 1 amide bonds. The Morgan fingerprint density at radius 3 is 2.28 bits per heavy atom. The van der Waals surface area contributed by atoms with Crippen LogP contribution in [0, 0.1) is 21.4 Å². The highest BCUT2D eigenvalue weighted by Gasteiger charge is 2.50. The van der Waals surface area contributed by atoms with Gasteiger partial charge in [0.2, 0.25) is 0 Å². The van der Waals surface area contributed by atoms with E-state index in [9.17, 15) is 28.4 Å². The van der Waals surface area contributed by atoms with E-state index in [0.717, 1.165) is 70.2 Å². The van der Waals surface area contributed by atoms with Gasteiger partial charge in [0.1, 0.15) is 5.69 Å². The Morgan fingerprint density at radius 2 is 1.63 bits per heavy atom. The molecule has 3 aromatic carbocycles. The van der Waals surface area contributed by atoms with Gasteiger partial charge in [-0.2, -0.15) is 0 Å². The molecule has 2 aliphatic carbocycles. The van der Waals surface area contributed by atoms with Gasteiger partial charge in [0.05, 0.1) is 15.4 Å². The zero-order valence-corrected chi connectivity index (χ0v) is 35.3. The third-order valence-electron chi connectivity index (χ3n) is 13.2. The van der Waals surface area contributed by atoms with Crippen LogP contribution < -0.4 is 14.9 Å². The van der Waals surface area contributed by atoms with Crippen LogP contribution in [0.25, 0.3) is 0 Å². The molecule has 14 heteroatoms. The predicted molar refractivity (Wildman–Crippen MR) is 227 cm³/mol. The molecule has 0 aromatic heterocycles. The number of piperidine rings is 1. The lowest BCUT2D eigenvalue weighted by Gasteiger charge is -2.58. The predicted octanol–water partition coefficient (Wildman–Crippen LogP) is 7.35.